The van der Waals surface area contributed by atoms with Gasteiger partial charge in [0.15, 0.2) is 0 Å². The Bertz CT molecular complexity index is 325. The number of rotatable bonds is 4. The van der Waals surface area contributed by atoms with Crippen molar-refractivity contribution in [3.63, 3.8) is 0 Å². The van der Waals surface area contributed by atoms with Crippen LogP contribution < -0.4 is 5.73 Å². The molecule has 0 amide bonds. The van der Waals surface area contributed by atoms with Crippen LogP contribution in [0.2, 0.25) is 0 Å². The summed E-state index contributed by atoms with van der Waals surface area (Å²) < 4.78 is 0. The molecule has 0 spiro atoms. The summed E-state index contributed by atoms with van der Waals surface area (Å²) in [6.07, 6.45) is 5.87. The molecule has 1 aromatic heterocycles. The summed E-state index contributed by atoms with van der Waals surface area (Å²) in [5.74, 6) is 0.372. The zero-order valence-corrected chi connectivity index (χ0v) is 10.7. The van der Waals surface area contributed by atoms with Crippen LogP contribution in [0.15, 0.2) is 24.4 Å². The van der Waals surface area contributed by atoms with Crippen molar-refractivity contribution in [3.8, 4) is 0 Å². The Balaban J connectivity index is 1.99. The second-order valence-corrected chi connectivity index (χ2v) is 5.03. The van der Waals surface area contributed by atoms with Crippen LogP contribution >= 0.6 is 0 Å². The largest absolute Gasteiger partial charge is 0.330 e. The van der Waals surface area contributed by atoms with E-state index in [0.29, 0.717) is 18.5 Å². The monoisotopic (exact) mass is 233 g/mol. The van der Waals surface area contributed by atoms with Gasteiger partial charge >= 0.3 is 0 Å². The molecular formula is C14H23N3. The minimum absolute atomic E-state index is 0.372. The molecule has 2 N–H and O–H groups in total. The number of hydrogen-bond donors (Lipinski definition) is 1. The first-order chi connectivity index (χ1) is 8.31. The molecule has 1 saturated heterocycles. The third-order valence-corrected chi connectivity index (χ3v) is 3.79. The van der Waals surface area contributed by atoms with Gasteiger partial charge in [0, 0.05) is 36.9 Å². The minimum Gasteiger partial charge on any atom is -0.330 e. The Morgan fingerprint density at radius 3 is 3.00 bits per heavy atom. The van der Waals surface area contributed by atoms with Crippen molar-refractivity contribution in [2.45, 2.75) is 38.1 Å². The van der Waals surface area contributed by atoms with Crippen LogP contribution in [-0.4, -0.2) is 35.6 Å². The van der Waals surface area contributed by atoms with E-state index < -0.39 is 0 Å². The Kier molecular flexibility index (Phi) is 4.51. The van der Waals surface area contributed by atoms with Crippen LogP contribution in [0.5, 0.6) is 0 Å². The Morgan fingerprint density at radius 2 is 2.35 bits per heavy atom. The van der Waals surface area contributed by atoms with E-state index in [-0.39, 0.29) is 0 Å². The van der Waals surface area contributed by atoms with Gasteiger partial charge in [-0.25, -0.2) is 0 Å². The lowest BCUT2D eigenvalue weighted by atomic mass is 9.99. The molecule has 2 heterocycles. The van der Waals surface area contributed by atoms with Gasteiger partial charge in [-0.05, 0) is 38.4 Å². The maximum absolute atomic E-state index is 5.90. The number of hydrogen-bond acceptors (Lipinski definition) is 3. The van der Waals surface area contributed by atoms with Crippen LogP contribution in [0, 0.1) is 0 Å². The number of piperidine rings is 1. The first-order valence-electron chi connectivity index (χ1n) is 6.66. The van der Waals surface area contributed by atoms with Crippen LogP contribution in [0.25, 0.3) is 0 Å². The van der Waals surface area contributed by atoms with Gasteiger partial charge in [-0.2, -0.15) is 0 Å². The summed E-state index contributed by atoms with van der Waals surface area (Å²) in [6, 6.07) is 6.79. The SMILES string of the molecule is CC1CCCCN1CC(CN)c1ccccn1. The zero-order chi connectivity index (χ0) is 12.1. The standard InChI is InChI=1S/C14H23N3/c1-12-6-3-5-9-17(12)11-13(10-15)14-7-2-4-8-16-14/h2,4,7-8,12-13H,3,5-6,9-11,15H2,1H3. The van der Waals surface area contributed by atoms with Crippen molar-refractivity contribution in [2.75, 3.05) is 19.6 Å². The first kappa shape index (κ1) is 12.5. The number of aromatic nitrogens is 1. The third-order valence-electron chi connectivity index (χ3n) is 3.79. The Morgan fingerprint density at radius 1 is 1.47 bits per heavy atom. The van der Waals surface area contributed by atoms with Gasteiger partial charge < -0.3 is 5.73 Å². The molecule has 0 aromatic carbocycles. The molecule has 1 aliphatic heterocycles. The number of nitrogens with two attached hydrogens (primary N) is 1. The summed E-state index contributed by atoms with van der Waals surface area (Å²) in [5.41, 5.74) is 7.03. The molecule has 17 heavy (non-hydrogen) atoms. The molecule has 0 saturated carbocycles. The lowest BCUT2D eigenvalue weighted by Crippen LogP contribution is -2.41. The lowest BCUT2D eigenvalue weighted by molar-refractivity contribution is 0.151. The van der Waals surface area contributed by atoms with Crippen molar-refractivity contribution in [1.29, 1.82) is 0 Å². The van der Waals surface area contributed by atoms with E-state index in [9.17, 15) is 0 Å². The van der Waals surface area contributed by atoms with E-state index in [4.69, 9.17) is 5.73 Å². The fraction of sp³-hybridized carbons (Fsp3) is 0.643. The van der Waals surface area contributed by atoms with E-state index in [2.05, 4.69) is 22.9 Å². The molecule has 1 fully saturated rings. The number of likely N-dealkylation sites (tertiary alicyclic amines) is 1. The minimum atomic E-state index is 0.372. The van der Waals surface area contributed by atoms with Crippen molar-refractivity contribution in [3.05, 3.63) is 30.1 Å². The van der Waals surface area contributed by atoms with Crippen molar-refractivity contribution >= 4 is 0 Å². The van der Waals surface area contributed by atoms with Crippen LogP contribution in [-0.2, 0) is 0 Å². The second-order valence-electron chi connectivity index (χ2n) is 5.03. The molecule has 3 nitrogen and oxygen atoms in total. The summed E-state index contributed by atoms with van der Waals surface area (Å²) >= 11 is 0. The predicted molar refractivity (Wildman–Crippen MR) is 70.9 cm³/mol. The van der Waals surface area contributed by atoms with Gasteiger partial charge in [-0.15, -0.1) is 0 Å². The predicted octanol–water partition coefficient (Wildman–Crippen LogP) is 2.00. The molecule has 2 rings (SSSR count). The molecule has 0 bridgehead atoms. The molecule has 0 aliphatic carbocycles. The van der Waals surface area contributed by atoms with Crippen molar-refractivity contribution < 1.29 is 0 Å². The summed E-state index contributed by atoms with van der Waals surface area (Å²) in [7, 11) is 0. The molecule has 94 valence electrons. The molecule has 3 heteroatoms. The van der Waals surface area contributed by atoms with Gasteiger partial charge in [-0.1, -0.05) is 12.5 Å². The van der Waals surface area contributed by atoms with Crippen LogP contribution in [0.3, 0.4) is 0 Å². The zero-order valence-electron chi connectivity index (χ0n) is 10.7. The highest BCUT2D eigenvalue weighted by Crippen LogP contribution is 2.21. The topological polar surface area (TPSA) is 42.1 Å². The first-order valence-corrected chi connectivity index (χ1v) is 6.66. The Hall–Kier alpha value is -0.930. The van der Waals surface area contributed by atoms with Gasteiger partial charge in [0.05, 0.1) is 0 Å². The number of pyridine rings is 1. The summed E-state index contributed by atoms with van der Waals surface area (Å²) in [5, 5.41) is 0. The fourth-order valence-electron chi connectivity index (χ4n) is 2.62. The van der Waals surface area contributed by atoms with Gasteiger partial charge in [0.25, 0.3) is 0 Å². The Labute approximate surface area is 104 Å². The molecule has 1 aromatic rings. The average molecular weight is 233 g/mol. The van der Waals surface area contributed by atoms with Crippen LogP contribution in [0.1, 0.15) is 37.8 Å². The molecule has 2 atom stereocenters. The molecule has 1 aliphatic rings. The van der Waals surface area contributed by atoms with Gasteiger partial charge in [0.1, 0.15) is 0 Å². The lowest BCUT2D eigenvalue weighted by Gasteiger charge is -2.35. The van der Waals surface area contributed by atoms with Crippen molar-refractivity contribution in [2.24, 2.45) is 5.73 Å². The quantitative estimate of drug-likeness (QED) is 0.865. The molecular weight excluding hydrogens is 210 g/mol. The average Bonchev–Trinajstić information content (AvgIpc) is 2.39. The molecule has 2 unspecified atom stereocenters. The van der Waals surface area contributed by atoms with E-state index in [1.807, 2.05) is 18.3 Å². The van der Waals surface area contributed by atoms with Gasteiger partial charge in [0.2, 0.25) is 0 Å². The van der Waals surface area contributed by atoms with E-state index in [1.165, 1.54) is 25.8 Å². The maximum atomic E-state index is 5.90. The van der Waals surface area contributed by atoms with E-state index in [1.54, 1.807) is 0 Å². The smallest absolute Gasteiger partial charge is 0.0459 e. The highest BCUT2D eigenvalue weighted by molar-refractivity contribution is 5.10. The highest BCUT2D eigenvalue weighted by Gasteiger charge is 2.22. The van der Waals surface area contributed by atoms with E-state index >= 15 is 0 Å². The van der Waals surface area contributed by atoms with E-state index in [0.717, 1.165) is 12.2 Å². The maximum Gasteiger partial charge on any atom is 0.0459 e. The normalized spacial score (nSPS) is 23.5. The summed E-state index contributed by atoms with van der Waals surface area (Å²) in [6.45, 7) is 5.27. The van der Waals surface area contributed by atoms with Gasteiger partial charge in [-0.3, -0.25) is 9.88 Å². The fourth-order valence-corrected chi connectivity index (χ4v) is 2.62. The van der Waals surface area contributed by atoms with Crippen molar-refractivity contribution in [1.82, 2.24) is 9.88 Å². The number of nitrogens with zero attached hydrogens (tertiary/aromatic N) is 2. The molecule has 0 radical (unpaired) electrons. The third kappa shape index (κ3) is 3.27. The van der Waals surface area contributed by atoms with Crippen LogP contribution in [0.4, 0.5) is 0 Å². The highest BCUT2D eigenvalue weighted by atomic mass is 15.2. The second kappa shape index (κ2) is 6.12. The summed E-state index contributed by atoms with van der Waals surface area (Å²) in [4.78, 5) is 7.00.